The van der Waals surface area contributed by atoms with Crippen LogP contribution in [0, 0.1) is 10.1 Å². The molecule has 1 fully saturated rings. The lowest BCUT2D eigenvalue weighted by atomic mass is 10.2. The molecule has 1 saturated heterocycles. The number of hydrogen-bond acceptors (Lipinski definition) is 5. The predicted molar refractivity (Wildman–Crippen MR) is 58.5 cm³/mol. The van der Waals surface area contributed by atoms with Crippen molar-refractivity contribution in [1.82, 2.24) is 10.2 Å². The van der Waals surface area contributed by atoms with Crippen molar-refractivity contribution in [2.45, 2.75) is 6.04 Å². The smallest absolute Gasteiger partial charge is 0.404 e. The van der Waals surface area contributed by atoms with Crippen molar-refractivity contribution in [3.05, 3.63) is 28.0 Å². The fourth-order valence-electron chi connectivity index (χ4n) is 1.97. The van der Waals surface area contributed by atoms with Crippen LogP contribution in [0.5, 0.6) is 0 Å². The van der Waals surface area contributed by atoms with Gasteiger partial charge in [-0.2, -0.15) is 0 Å². The zero-order valence-electron chi connectivity index (χ0n) is 9.26. The molecule has 0 aromatic carbocycles. The molecular formula is C10H14FN3O3. The Labute approximate surface area is 97.5 Å². The van der Waals surface area contributed by atoms with Gasteiger partial charge in [-0.3, -0.25) is 15.0 Å². The maximum atomic E-state index is 13.0. The number of nitrogens with one attached hydrogen (secondary N) is 1. The Kier molecular flexibility index (Phi) is 3.70. The first-order chi connectivity index (χ1) is 8.22. The van der Waals surface area contributed by atoms with E-state index in [0.29, 0.717) is 18.8 Å². The van der Waals surface area contributed by atoms with E-state index in [0.717, 1.165) is 13.1 Å². The second kappa shape index (κ2) is 5.24. The normalized spacial score (nSPS) is 19.1. The lowest BCUT2D eigenvalue weighted by Gasteiger charge is -2.32. The van der Waals surface area contributed by atoms with Crippen LogP contribution in [0.15, 0.2) is 16.5 Å². The quantitative estimate of drug-likeness (QED) is 0.633. The Morgan fingerprint density at radius 1 is 1.53 bits per heavy atom. The first kappa shape index (κ1) is 12.0. The molecule has 1 aromatic heterocycles. The molecule has 0 spiro atoms. The third-order valence-corrected chi connectivity index (χ3v) is 2.86. The molecule has 0 aliphatic carbocycles. The van der Waals surface area contributed by atoms with Crippen molar-refractivity contribution in [1.29, 1.82) is 0 Å². The zero-order chi connectivity index (χ0) is 12.3. The molecule has 0 unspecified atom stereocenters. The molecule has 0 saturated carbocycles. The van der Waals surface area contributed by atoms with Gasteiger partial charge in [-0.25, -0.2) is 4.39 Å². The molecule has 2 heterocycles. The van der Waals surface area contributed by atoms with Gasteiger partial charge in [0.25, 0.3) is 0 Å². The number of piperazine rings is 1. The molecule has 1 atom stereocenters. The molecule has 7 heteroatoms. The molecule has 1 aliphatic rings. The van der Waals surface area contributed by atoms with Crippen LogP contribution < -0.4 is 5.32 Å². The van der Waals surface area contributed by atoms with Gasteiger partial charge in [0.1, 0.15) is 17.4 Å². The van der Waals surface area contributed by atoms with Crippen LogP contribution in [0.1, 0.15) is 11.8 Å². The minimum absolute atomic E-state index is 0.320. The van der Waals surface area contributed by atoms with Crippen LogP contribution in [-0.2, 0) is 0 Å². The Bertz CT molecular complexity index is 390. The molecule has 0 bridgehead atoms. The van der Waals surface area contributed by atoms with Crippen LogP contribution >= 0.6 is 0 Å². The average Bonchev–Trinajstić information content (AvgIpc) is 2.81. The molecule has 1 aromatic rings. The number of alkyl halides is 1. The number of halogens is 1. The Morgan fingerprint density at radius 3 is 2.76 bits per heavy atom. The highest BCUT2D eigenvalue weighted by molar-refractivity contribution is 5.20. The second-order valence-electron chi connectivity index (χ2n) is 3.89. The summed E-state index contributed by atoms with van der Waals surface area (Å²) in [7, 11) is 0. The largest absolute Gasteiger partial charge is 0.433 e. The first-order valence-corrected chi connectivity index (χ1v) is 5.47. The summed E-state index contributed by atoms with van der Waals surface area (Å²) in [6.45, 7) is 2.40. The monoisotopic (exact) mass is 243 g/mol. The summed E-state index contributed by atoms with van der Waals surface area (Å²) in [5.41, 5.74) is 0. The summed E-state index contributed by atoms with van der Waals surface area (Å²) < 4.78 is 18.1. The summed E-state index contributed by atoms with van der Waals surface area (Å²) in [5, 5.41) is 13.7. The number of hydrogen-bond donors (Lipinski definition) is 1. The van der Waals surface area contributed by atoms with E-state index in [2.05, 4.69) is 5.32 Å². The summed E-state index contributed by atoms with van der Waals surface area (Å²) >= 11 is 0. The predicted octanol–water partition coefficient (Wildman–Crippen LogP) is 1.10. The first-order valence-electron chi connectivity index (χ1n) is 5.47. The molecule has 6 nitrogen and oxygen atoms in total. The molecule has 17 heavy (non-hydrogen) atoms. The van der Waals surface area contributed by atoms with E-state index in [1.165, 1.54) is 12.1 Å². The highest BCUT2D eigenvalue weighted by Crippen LogP contribution is 2.26. The van der Waals surface area contributed by atoms with Crippen molar-refractivity contribution in [3.63, 3.8) is 0 Å². The Balaban J connectivity index is 2.12. The molecule has 0 amide bonds. The van der Waals surface area contributed by atoms with Crippen LogP contribution in [0.3, 0.4) is 0 Å². The number of rotatable bonds is 4. The second-order valence-corrected chi connectivity index (χ2v) is 3.89. The highest BCUT2D eigenvalue weighted by atomic mass is 19.1. The summed E-state index contributed by atoms with van der Waals surface area (Å²) in [5.74, 6) is -0.0188. The minimum atomic E-state index is -0.615. The van der Waals surface area contributed by atoms with Gasteiger partial charge < -0.3 is 9.73 Å². The van der Waals surface area contributed by atoms with Gasteiger partial charge in [0, 0.05) is 26.2 Å². The molecule has 1 N–H and O–H groups in total. The van der Waals surface area contributed by atoms with Crippen molar-refractivity contribution in [2.24, 2.45) is 0 Å². The van der Waals surface area contributed by atoms with E-state index in [-0.39, 0.29) is 5.88 Å². The third-order valence-electron chi connectivity index (χ3n) is 2.86. The maximum absolute atomic E-state index is 13.0. The van der Waals surface area contributed by atoms with E-state index in [1.807, 2.05) is 4.90 Å². The fourth-order valence-corrected chi connectivity index (χ4v) is 1.97. The SMILES string of the molecule is O=[N+]([O-])c1ccc([C@H](CF)N2CCNCC2)o1. The number of nitro groups is 1. The van der Waals surface area contributed by atoms with Crippen molar-refractivity contribution in [3.8, 4) is 0 Å². The average molecular weight is 243 g/mol. The van der Waals surface area contributed by atoms with Crippen molar-refractivity contribution in [2.75, 3.05) is 32.9 Å². The number of furan rings is 1. The standard InChI is InChI=1S/C10H14FN3O3/c11-7-8(13-5-3-12-4-6-13)9-1-2-10(17-9)14(15)16/h1-2,8,12H,3-7H2/t8-/m0/s1. The lowest BCUT2D eigenvalue weighted by Crippen LogP contribution is -2.45. The van der Waals surface area contributed by atoms with E-state index in [1.54, 1.807) is 0 Å². The van der Waals surface area contributed by atoms with Gasteiger partial charge in [-0.15, -0.1) is 0 Å². The van der Waals surface area contributed by atoms with Gasteiger partial charge in [0.05, 0.1) is 12.1 Å². The van der Waals surface area contributed by atoms with Gasteiger partial charge in [0.2, 0.25) is 0 Å². The molecule has 1 aliphatic heterocycles. The molecule has 0 radical (unpaired) electrons. The Morgan fingerprint density at radius 2 is 2.24 bits per heavy atom. The topological polar surface area (TPSA) is 71.6 Å². The van der Waals surface area contributed by atoms with Gasteiger partial charge in [-0.05, 0) is 6.07 Å². The molecule has 94 valence electrons. The van der Waals surface area contributed by atoms with Crippen LogP contribution in [0.2, 0.25) is 0 Å². The summed E-state index contributed by atoms with van der Waals surface area (Å²) in [6, 6.07) is 2.22. The molecule has 2 rings (SSSR count). The summed E-state index contributed by atoms with van der Waals surface area (Å²) in [6.07, 6.45) is 0. The van der Waals surface area contributed by atoms with E-state index in [4.69, 9.17) is 4.42 Å². The minimum Gasteiger partial charge on any atom is -0.404 e. The van der Waals surface area contributed by atoms with Gasteiger partial charge >= 0.3 is 5.88 Å². The Hall–Kier alpha value is -1.47. The highest BCUT2D eigenvalue weighted by Gasteiger charge is 2.26. The molecular weight excluding hydrogens is 229 g/mol. The number of nitrogens with zero attached hydrogens (tertiary/aromatic N) is 2. The van der Waals surface area contributed by atoms with Crippen LogP contribution in [0.4, 0.5) is 10.3 Å². The van der Waals surface area contributed by atoms with Crippen molar-refractivity contribution < 1.29 is 13.7 Å². The van der Waals surface area contributed by atoms with E-state index < -0.39 is 17.6 Å². The fraction of sp³-hybridized carbons (Fsp3) is 0.600. The summed E-state index contributed by atoms with van der Waals surface area (Å²) in [4.78, 5) is 11.8. The van der Waals surface area contributed by atoms with Gasteiger partial charge in [0.15, 0.2) is 0 Å². The van der Waals surface area contributed by atoms with Crippen LogP contribution in [0.25, 0.3) is 0 Å². The van der Waals surface area contributed by atoms with Gasteiger partial charge in [-0.1, -0.05) is 0 Å². The van der Waals surface area contributed by atoms with Crippen molar-refractivity contribution >= 4 is 5.88 Å². The zero-order valence-corrected chi connectivity index (χ0v) is 9.26. The van der Waals surface area contributed by atoms with E-state index >= 15 is 0 Å². The third kappa shape index (κ3) is 2.62. The van der Waals surface area contributed by atoms with E-state index in [9.17, 15) is 14.5 Å². The van der Waals surface area contributed by atoms with Crippen LogP contribution in [-0.4, -0.2) is 42.7 Å². The maximum Gasteiger partial charge on any atom is 0.433 e. The lowest BCUT2D eigenvalue weighted by molar-refractivity contribution is -0.402.